The molecule has 1 fully saturated rings. The van der Waals surface area contributed by atoms with E-state index in [4.69, 9.17) is 9.29 Å². The van der Waals surface area contributed by atoms with Gasteiger partial charge < -0.3 is 4.74 Å². The van der Waals surface area contributed by atoms with Crippen LogP contribution in [-0.4, -0.2) is 48.1 Å². The molecule has 120 valence electrons. The highest BCUT2D eigenvalue weighted by Crippen LogP contribution is 2.22. The summed E-state index contributed by atoms with van der Waals surface area (Å²) in [5.41, 5.74) is 1.44. The maximum absolute atomic E-state index is 12.1. The lowest BCUT2D eigenvalue weighted by atomic mass is 10.2. The minimum Gasteiger partial charge on any atom is -0.457 e. The van der Waals surface area contributed by atoms with Crippen molar-refractivity contribution >= 4 is 39.6 Å². The van der Waals surface area contributed by atoms with Gasteiger partial charge >= 0.3 is 5.97 Å². The number of hydrogen-bond acceptors (Lipinski definition) is 6. The average Bonchev–Trinajstić information content (AvgIpc) is 2.44. The van der Waals surface area contributed by atoms with Crippen molar-refractivity contribution < 1.29 is 22.5 Å². The van der Waals surface area contributed by atoms with E-state index in [-0.39, 0.29) is 16.6 Å². The van der Waals surface area contributed by atoms with E-state index in [1.165, 1.54) is 29.8 Å². The van der Waals surface area contributed by atoms with Crippen molar-refractivity contribution in [1.82, 2.24) is 0 Å². The second-order valence-corrected chi connectivity index (χ2v) is 8.29. The summed E-state index contributed by atoms with van der Waals surface area (Å²) in [6, 6.07) is 5.02. The summed E-state index contributed by atoms with van der Waals surface area (Å²) < 4.78 is 36.3. The fourth-order valence-corrected chi connectivity index (χ4v) is 4.48. The van der Waals surface area contributed by atoms with Crippen LogP contribution in [0.3, 0.4) is 0 Å². The molecule has 0 saturated carbocycles. The van der Waals surface area contributed by atoms with E-state index in [1.54, 1.807) is 23.5 Å². The van der Waals surface area contributed by atoms with Crippen molar-refractivity contribution in [1.29, 1.82) is 0 Å². The predicted molar refractivity (Wildman–Crippen MR) is 89.3 cm³/mol. The van der Waals surface area contributed by atoms with Crippen molar-refractivity contribution in [2.24, 2.45) is 0 Å². The highest BCUT2D eigenvalue weighted by atomic mass is 32.2. The fraction of sp³-hybridized carbons (Fsp3) is 0.357. The molecular formula is C14H16O5S3. The van der Waals surface area contributed by atoms with Gasteiger partial charge in [0, 0.05) is 23.0 Å². The van der Waals surface area contributed by atoms with Crippen LogP contribution in [0.25, 0.3) is 0 Å². The molecule has 0 unspecified atom stereocenters. The molecule has 22 heavy (non-hydrogen) atoms. The van der Waals surface area contributed by atoms with Gasteiger partial charge in [0.05, 0.1) is 10.5 Å². The lowest BCUT2D eigenvalue weighted by Crippen LogP contribution is -2.25. The third kappa shape index (κ3) is 5.05. The van der Waals surface area contributed by atoms with Crippen LogP contribution in [0.15, 0.2) is 41.3 Å². The number of thioether (sulfide) groups is 2. The Bertz CT molecular complexity index is 640. The first-order valence-electron chi connectivity index (χ1n) is 6.47. The Labute approximate surface area is 138 Å². The largest absolute Gasteiger partial charge is 0.457 e. The summed E-state index contributed by atoms with van der Waals surface area (Å²) in [5.74, 6) is 2.66. The molecule has 0 atom stereocenters. The summed E-state index contributed by atoms with van der Waals surface area (Å²) in [4.78, 5) is 11.8. The van der Waals surface area contributed by atoms with Crippen molar-refractivity contribution in [2.75, 3.05) is 23.0 Å². The van der Waals surface area contributed by atoms with Crippen LogP contribution in [0.4, 0.5) is 0 Å². The van der Waals surface area contributed by atoms with Gasteiger partial charge in [-0.15, -0.1) is 0 Å². The zero-order valence-corrected chi connectivity index (χ0v) is 14.2. The number of ether oxygens (including phenoxy) is 1. The normalized spacial score (nSPS) is 17.6. The molecule has 1 aromatic carbocycles. The van der Waals surface area contributed by atoms with E-state index in [0.717, 1.165) is 11.5 Å². The summed E-state index contributed by atoms with van der Waals surface area (Å²) >= 11 is 3.37. The molecule has 8 heteroatoms. The topological polar surface area (TPSA) is 80.7 Å². The molecule has 5 nitrogen and oxygen atoms in total. The molecule has 0 amide bonds. The number of benzene rings is 1. The number of esters is 1. The minimum absolute atomic E-state index is 0.183. The summed E-state index contributed by atoms with van der Waals surface area (Å²) in [6.07, 6.45) is -0.183. The molecule has 1 aromatic rings. The standard InChI is InChI=1S/C14H16O5S3/c1-10-6-20-8-12(9-21-7-10)19-14(15)11-2-4-13(5-3-11)22(16,17)18/h2-5,12H,1,6-9H2,(H,16,17,18). The van der Waals surface area contributed by atoms with Crippen LogP contribution in [0, 0.1) is 0 Å². The molecule has 0 aromatic heterocycles. The van der Waals surface area contributed by atoms with E-state index in [2.05, 4.69) is 6.58 Å². The Balaban J connectivity index is 1.98. The maximum atomic E-state index is 12.1. The molecule has 0 aliphatic carbocycles. The van der Waals surface area contributed by atoms with Gasteiger partial charge in [-0.2, -0.15) is 31.9 Å². The first kappa shape index (κ1) is 17.4. The van der Waals surface area contributed by atoms with Crippen molar-refractivity contribution in [3.8, 4) is 0 Å². The number of rotatable bonds is 3. The summed E-state index contributed by atoms with van der Waals surface area (Å²) in [6.45, 7) is 3.96. The van der Waals surface area contributed by atoms with Gasteiger partial charge in [0.25, 0.3) is 10.1 Å². The Kier molecular flexibility index (Phi) is 5.96. The van der Waals surface area contributed by atoms with Crippen LogP contribution in [0.1, 0.15) is 10.4 Å². The summed E-state index contributed by atoms with van der Waals surface area (Å²) in [7, 11) is -4.25. The highest BCUT2D eigenvalue weighted by molar-refractivity contribution is 8.01. The van der Waals surface area contributed by atoms with Gasteiger partial charge in [-0.25, -0.2) is 4.79 Å². The van der Waals surface area contributed by atoms with Gasteiger partial charge in [0.15, 0.2) is 0 Å². The Morgan fingerprint density at radius 2 is 1.73 bits per heavy atom. The Hall–Kier alpha value is -0.960. The molecule has 1 aliphatic heterocycles. The van der Waals surface area contributed by atoms with Crippen LogP contribution >= 0.6 is 23.5 Å². The van der Waals surface area contributed by atoms with E-state index in [9.17, 15) is 13.2 Å². The maximum Gasteiger partial charge on any atom is 0.338 e. The van der Waals surface area contributed by atoms with E-state index in [1.807, 2.05) is 0 Å². The van der Waals surface area contributed by atoms with Crippen LogP contribution in [-0.2, 0) is 14.9 Å². The second kappa shape index (κ2) is 7.54. The SMILES string of the molecule is C=C1CSCC(OC(=O)c2ccc(S(=O)(=O)O)cc2)CSC1. The van der Waals surface area contributed by atoms with Crippen molar-refractivity contribution in [3.05, 3.63) is 42.0 Å². The van der Waals surface area contributed by atoms with Crippen molar-refractivity contribution in [3.63, 3.8) is 0 Å². The first-order valence-corrected chi connectivity index (χ1v) is 10.2. The smallest absolute Gasteiger partial charge is 0.338 e. The zero-order chi connectivity index (χ0) is 16.2. The van der Waals surface area contributed by atoms with Crippen LogP contribution < -0.4 is 0 Å². The molecule has 2 rings (SSSR count). The molecule has 0 radical (unpaired) electrons. The monoisotopic (exact) mass is 360 g/mol. The van der Waals surface area contributed by atoms with E-state index >= 15 is 0 Å². The first-order chi connectivity index (χ1) is 10.4. The second-order valence-electron chi connectivity index (χ2n) is 4.81. The van der Waals surface area contributed by atoms with Gasteiger partial charge in [-0.1, -0.05) is 12.2 Å². The lowest BCUT2D eigenvalue weighted by molar-refractivity contribution is 0.0394. The minimum atomic E-state index is -4.25. The number of hydrogen-bond donors (Lipinski definition) is 1. The predicted octanol–water partition coefficient (Wildman–Crippen LogP) is 2.49. The average molecular weight is 360 g/mol. The summed E-state index contributed by atoms with van der Waals surface area (Å²) in [5, 5.41) is 0. The molecule has 0 bridgehead atoms. The van der Waals surface area contributed by atoms with Gasteiger partial charge in [0.2, 0.25) is 0 Å². The van der Waals surface area contributed by atoms with E-state index < -0.39 is 16.1 Å². The Morgan fingerprint density at radius 3 is 2.23 bits per heavy atom. The Morgan fingerprint density at radius 1 is 1.18 bits per heavy atom. The van der Waals surface area contributed by atoms with Crippen LogP contribution in [0.5, 0.6) is 0 Å². The molecule has 1 aliphatic rings. The third-order valence-electron chi connectivity index (χ3n) is 2.88. The van der Waals surface area contributed by atoms with Crippen molar-refractivity contribution in [2.45, 2.75) is 11.0 Å². The van der Waals surface area contributed by atoms with Gasteiger partial charge in [-0.3, -0.25) is 4.55 Å². The highest BCUT2D eigenvalue weighted by Gasteiger charge is 2.19. The number of carbonyl (C=O) groups excluding carboxylic acids is 1. The zero-order valence-electron chi connectivity index (χ0n) is 11.7. The quantitative estimate of drug-likeness (QED) is 0.504. The molecular weight excluding hydrogens is 344 g/mol. The third-order valence-corrected chi connectivity index (χ3v) is 6.19. The molecule has 0 spiro atoms. The molecule has 1 N–H and O–H groups in total. The molecule has 1 saturated heterocycles. The van der Waals surface area contributed by atoms with Crippen LogP contribution in [0.2, 0.25) is 0 Å². The fourth-order valence-electron chi connectivity index (χ4n) is 1.81. The molecule has 1 heterocycles. The van der Waals surface area contributed by atoms with Gasteiger partial charge in [0.1, 0.15) is 6.10 Å². The van der Waals surface area contributed by atoms with Gasteiger partial charge in [-0.05, 0) is 24.3 Å². The number of carbonyl (C=O) groups is 1. The van der Waals surface area contributed by atoms with E-state index in [0.29, 0.717) is 11.5 Å². The lowest BCUT2D eigenvalue weighted by Gasteiger charge is -2.20.